The summed E-state index contributed by atoms with van der Waals surface area (Å²) >= 11 is 0. The van der Waals surface area contributed by atoms with E-state index in [0.717, 1.165) is 12.1 Å². The van der Waals surface area contributed by atoms with Crippen molar-refractivity contribution >= 4 is 15.7 Å². The SMILES string of the molecule is CC(NS(=O)(=O)c1cc(N)cc(F)c1)c1nncn1C. The summed E-state index contributed by atoms with van der Waals surface area (Å²) in [5.74, 6) is -0.269. The van der Waals surface area contributed by atoms with Crippen LogP contribution in [0.1, 0.15) is 18.8 Å². The van der Waals surface area contributed by atoms with E-state index in [-0.39, 0.29) is 10.6 Å². The van der Waals surface area contributed by atoms with Gasteiger partial charge in [0, 0.05) is 12.7 Å². The van der Waals surface area contributed by atoms with Gasteiger partial charge in [0.2, 0.25) is 10.0 Å². The first-order valence-electron chi connectivity index (χ1n) is 5.72. The maximum absolute atomic E-state index is 13.2. The van der Waals surface area contributed by atoms with Crippen LogP contribution in [-0.2, 0) is 17.1 Å². The molecule has 0 radical (unpaired) electrons. The Bertz CT molecular complexity index is 708. The fourth-order valence-electron chi connectivity index (χ4n) is 1.78. The minimum Gasteiger partial charge on any atom is -0.399 e. The van der Waals surface area contributed by atoms with Gasteiger partial charge in [0.15, 0.2) is 0 Å². The van der Waals surface area contributed by atoms with Crippen molar-refractivity contribution in [3.05, 3.63) is 36.2 Å². The average molecular weight is 299 g/mol. The van der Waals surface area contributed by atoms with Crippen molar-refractivity contribution in [1.29, 1.82) is 0 Å². The summed E-state index contributed by atoms with van der Waals surface area (Å²) in [6.45, 7) is 1.62. The number of nitrogens with zero attached hydrogens (tertiary/aromatic N) is 3. The molecule has 0 saturated carbocycles. The maximum Gasteiger partial charge on any atom is 0.241 e. The molecule has 3 N–H and O–H groups in total. The van der Waals surface area contributed by atoms with Crippen LogP contribution in [0.25, 0.3) is 0 Å². The average Bonchev–Trinajstić information content (AvgIpc) is 2.73. The fraction of sp³-hybridized carbons (Fsp3) is 0.273. The number of aromatic nitrogens is 3. The predicted molar refractivity (Wildman–Crippen MR) is 70.6 cm³/mol. The highest BCUT2D eigenvalue weighted by atomic mass is 32.2. The number of nitrogen functional groups attached to an aromatic ring is 1. The van der Waals surface area contributed by atoms with Gasteiger partial charge in [-0.2, -0.15) is 0 Å². The Morgan fingerprint density at radius 1 is 1.40 bits per heavy atom. The first-order valence-corrected chi connectivity index (χ1v) is 7.20. The van der Waals surface area contributed by atoms with E-state index in [0.29, 0.717) is 5.82 Å². The van der Waals surface area contributed by atoms with Gasteiger partial charge in [-0.3, -0.25) is 0 Å². The van der Waals surface area contributed by atoms with Gasteiger partial charge in [-0.05, 0) is 25.1 Å². The van der Waals surface area contributed by atoms with Crippen molar-refractivity contribution in [2.75, 3.05) is 5.73 Å². The monoisotopic (exact) mass is 299 g/mol. The first-order chi connectivity index (χ1) is 9.29. The molecule has 2 aromatic rings. The summed E-state index contributed by atoms with van der Waals surface area (Å²) in [5, 5.41) is 7.49. The molecule has 0 saturated heterocycles. The van der Waals surface area contributed by atoms with Crippen molar-refractivity contribution in [1.82, 2.24) is 19.5 Å². The number of hydrogen-bond acceptors (Lipinski definition) is 5. The molecule has 0 aliphatic heterocycles. The lowest BCUT2D eigenvalue weighted by molar-refractivity contribution is 0.551. The molecule has 0 aliphatic rings. The first kappa shape index (κ1) is 14.4. The summed E-state index contributed by atoms with van der Waals surface area (Å²) in [7, 11) is -2.20. The molecular weight excluding hydrogens is 285 g/mol. The highest BCUT2D eigenvalue weighted by molar-refractivity contribution is 7.89. The molecule has 0 amide bonds. The number of benzene rings is 1. The molecule has 108 valence electrons. The van der Waals surface area contributed by atoms with E-state index in [9.17, 15) is 12.8 Å². The van der Waals surface area contributed by atoms with Gasteiger partial charge in [0.05, 0.1) is 10.9 Å². The van der Waals surface area contributed by atoms with Crippen molar-refractivity contribution in [2.24, 2.45) is 7.05 Å². The molecule has 0 fully saturated rings. The van der Waals surface area contributed by atoms with Crippen molar-refractivity contribution in [3.8, 4) is 0 Å². The number of hydrogen-bond donors (Lipinski definition) is 2. The van der Waals surface area contributed by atoms with Gasteiger partial charge in [-0.1, -0.05) is 0 Å². The third-order valence-corrected chi connectivity index (χ3v) is 4.19. The Morgan fingerprint density at radius 3 is 2.65 bits per heavy atom. The van der Waals surface area contributed by atoms with E-state index in [1.807, 2.05) is 0 Å². The second kappa shape index (κ2) is 5.17. The topological polar surface area (TPSA) is 103 Å². The number of sulfonamides is 1. The van der Waals surface area contributed by atoms with Gasteiger partial charge >= 0.3 is 0 Å². The molecule has 0 spiro atoms. The largest absolute Gasteiger partial charge is 0.399 e. The predicted octanol–water partition coefficient (Wildman–Crippen LogP) is 0.576. The lowest BCUT2D eigenvalue weighted by Crippen LogP contribution is -2.28. The number of rotatable bonds is 4. The molecule has 1 atom stereocenters. The summed E-state index contributed by atoms with van der Waals surface area (Å²) in [4.78, 5) is -0.232. The number of anilines is 1. The van der Waals surface area contributed by atoms with Crippen molar-refractivity contribution in [2.45, 2.75) is 17.9 Å². The molecule has 20 heavy (non-hydrogen) atoms. The number of nitrogens with one attached hydrogen (secondary N) is 1. The standard InChI is InChI=1S/C11H14FN5O2S/c1-7(11-15-14-6-17(11)2)16-20(18,19)10-4-8(12)3-9(13)5-10/h3-7,16H,13H2,1-2H3. The van der Waals surface area contributed by atoms with Gasteiger partial charge in [0.1, 0.15) is 18.0 Å². The summed E-state index contributed by atoms with van der Waals surface area (Å²) in [6.07, 6.45) is 1.46. The van der Waals surface area contributed by atoms with E-state index in [2.05, 4.69) is 14.9 Å². The Balaban J connectivity index is 2.29. The number of aryl methyl sites for hydroxylation is 1. The quantitative estimate of drug-likeness (QED) is 0.804. The minimum atomic E-state index is -3.90. The van der Waals surface area contributed by atoms with Crippen LogP contribution in [0.15, 0.2) is 29.4 Å². The highest BCUT2D eigenvalue weighted by Crippen LogP contribution is 2.18. The molecule has 2 rings (SSSR count). The normalized spacial score (nSPS) is 13.3. The van der Waals surface area contributed by atoms with E-state index < -0.39 is 21.9 Å². The van der Waals surface area contributed by atoms with Crippen LogP contribution in [0, 0.1) is 5.82 Å². The van der Waals surface area contributed by atoms with Gasteiger partial charge < -0.3 is 10.3 Å². The zero-order valence-electron chi connectivity index (χ0n) is 10.9. The van der Waals surface area contributed by atoms with Crippen molar-refractivity contribution in [3.63, 3.8) is 0 Å². The van der Waals surface area contributed by atoms with Crippen LogP contribution in [0.2, 0.25) is 0 Å². The third kappa shape index (κ3) is 2.94. The molecule has 1 aromatic carbocycles. The Hall–Kier alpha value is -2.00. The molecule has 7 nitrogen and oxygen atoms in total. The lowest BCUT2D eigenvalue weighted by atomic mass is 10.3. The van der Waals surface area contributed by atoms with Crippen LogP contribution < -0.4 is 10.5 Å². The molecular formula is C11H14FN5O2S. The molecule has 1 unspecified atom stereocenters. The van der Waals surface area contributed by atoms with Crippen molar-refractivity contribution < 1.29 is 12.8 Å². The summed E-state index contributed by atoms with van der Waals surface area (Å²) in [5.41, 5.74) is 5.49. The molecule has 9 heteroatoms. The zero-order chi connectivity index (χ0) is 14.9. The smallest absolute Gasteiger partial charge is 0.241 e. The van der Waals surface area contributed by atoms with E-state index in [1.165, 1.54) is 12.4 Å². The summed E-state index contributed by atoms with van der Waals surface area (Å²) < 4.78 is 41.5. The third-order valence-electron chi connectivity index (χ3n) is 2.67. The van der Waals surface area contributed by atoms with Gasteiger partial charge in [-0.25, -0.2) is 17.5 Å². The van der Waals surface area contributed by atoms with Gasteiger partial charge in [-0.15, -0.1) is 10.2 Å². The number of nitrogens with two attached hydrogens (primary N) is 1. The van der Waals surface area contributed by atoms with Crippen LogP contribution >= 0.6 is 0 Å². The van der Waals surface area contributed by atoms with Crippen LogP contribution in [-0.4, -0.2) is 23.2 Å². The van der Waals surface area contributed by atoms with E-state index >= 15 is 0 Å². The minimum absolute atomic E-state index is 0.0386. The highest BCUT2D eigenvalue weighted by Gasteiger charge is 2.22. The second-order valence-corrected chi connectivity index (χ2v) is 6.08. The van der Waals surface area contributed by atoms with Gasteiger partial charge in [0.25, 0.3) is 0 Å². The summed E-state index contributed by atoms with van der Waals surface area (Å²) in [6, 6.07) is 2.53. The zero-order valence-corrected chi connectivity index (χ0v) is 11.7. The Morgan fingerprint density at radius 2 is 2.10 bits per heavy atom. The van der Waals surface area contributed by atoms with E-state index in [1.54, 1.807) is 18.5 Å². The fourth-order valence-corrected chi connectivity index (χ4v) is 3.04. The Kier molecular flexibility index (Phi) is 3.73. The second-order valence-electron chi connectivity index (χ2n) is 4.36. The molecule has 0 aliphatic carbocycles. The number of halogens is 1. The lowest BCUT2D eigenvalue weighted by Gasteiger charge is -2.13. The Labute approximate surface area is 115 Å². The molecule has 1 heterocycles. The van der Waals surface area contributed by atoms with Crippen LogP contribution in [0.4, 0.5) is 10.1 Å². The van der Waals surface area contributed by atoms with Crippen LogP contribution in [0.3, 0.4) is 0 Å². The molecule has 0 bridgehead atoms. The van der Waals surface area contributed by atoms with E-state index in [4.69, 9.17) is 5.73 Å². The van der Waals surface area contributed by atoms with Crippen LogP contribution in [0.5, 0.6) is 0 Å². The maximum atomic E-state index is 13.2. The molecule has 1 aromatic heterocycles.